The lowest BCUT2D eigenvalue weighted by Crippen LogP contribution is -2.38. The third-order valence-electron chi connectivity index (χ3n) is 3.82. The molecule has 2 nitrogen and oxygen atoms in total. The van der Waals surface area contributed by atoms with Crippen molar-refractivity contribution in [3.8, 4) is 0 Å². The van der Waals surface area contributed by atoms with Crippen molar-refractivity contribution >= 4 is 0 Å². The summed E-state index contributed by atoms with van der Waals surface area (Å²) in [4.78, 5) is 0. The lowest BCUT2D eigenvalue weighted by molar-refractivity contribution is -0.0292. The van der Waals surface area contributed by atoms with Crippen molar-refractivity contribution in [1.29, 1.82) is 0 Å². The lowest BCUT2D eigenvalue weighted by atomic mass is 9.77. The summed E-state index contributed by atoms with van der Waals surface area (Å²) in [5.74, 6) is 0.876. The van der Waals surface area contributed by atoms with Gasteiger partial charge in [-0.2, -0.15) is 0 Å². The lowest BCUT2D eigenvalue weighted by Gasteiger charge is -2.37. The third kappa shape index (κ3) is 6.01. The Morgan fingerprint density at radius 1 is 1.39 bits per heavy atom. The minimum Gasteiger partial charge on any atom is -0.378 e. The molecule has 1 fully saturated rings. The molecule has 0 spiro atoms. The van der Waals surface area contributed by atoms with Crippen LogP contribution in [0.3, 0.4) is 0 Å². The molecule has 1 N–H and O–H groups in total. The van der Waals surface area contributed by atoms with Crippen LogP contribution in [-0.2, 0) is 4.74 Å². The Morgan fingerprint density at radius 2 is 2.11 bits per heavy atom. The molecule has 2 heteroatoms. The number of hydrogen-bond donors (Lipinski definition) is 1. The van der Waals surface area contributed by atoms with Crippen molar-refractivity contribution in [3.63, 3.8) is 0 Å². The molecule has 1 rings (SSSR count). The molecule has 0 bridgehead atoms. The summed E-state index contributed by atoms with van der Waals surface area (Å²) in [5, 5.41) is 3.69. The Morgan fingerprint density at radius 3 is 2.67 bits per heavy atom. The van der Waals surface area contributed by atoms with Gasteiger partial charge in [0.15, 0.2) is 0 Å². The van der Waals surface area contributed by atoms with Crippen LogP contribution in [0.5, 0.6) is 0 Å². The SMILES string of the molecule is C=C(C)CCC(CC1CC(OCC)C1)NCCC. The van der Waals surface area contributed by atoms with Crippen LogP contribution in [0.2, 0.25) is 0 Å². The van der Waals surface area contributed by atoms with Crippen LogP contribution < -0.4 is 5.32 Å². The van der Waals surface area contributed by atoms with E-state index in [-0.39, 0.29) is 0 Å². The van der Waals surface area contributed by atoms with Crippen LogP contribution in [0.15, 0.2) is 12.2 Å². The molecule has 18 heavy (non-hydrogen) atoms. The Balaban J connectivity index is 2.21. The van der Waals surface area contributed by atoms with Gasteiger partial charge in [-0.25, -0.2) is 0 Å². The summed E-state index contributed by atoms with van der Waals surface area (Å²) in [7, 11) is 0. The minimum atomic E-state index is 0.549. The number of hydrogen-bond acceptors (Lipinski definition) is 2. The monoisotopic (exact) mass is 253 g/mol. The number of allylic oxidation sites excluding steroid dienone is 1. The molecule has 0 heterocycles. The molecule has 0 aromatic rings. The average molecular weight is 253 g/mol. The molecule has 106 valence electrons. The van der Waals surface area contributed by atoms with Crippen LogP contribution >= 0.6 is 0 Å². The predicted octanol–water partition coefficient (Wildman–Crippen LogP) is 3.92. The molecule has 1 aliphatic carbocycles. The molecule has 1 saturated carbocycles. The fraction of sp³-hybridized carbons (Fsp3) is 0.875. The highest BCUT2D eigenvalue weighted by Crippen LogP contribution is 2.34. The molecule has 0 radical (unpaired) electrons. The zero-order valence-electron chi connectivity index (χ0n) is 12.5. The first-order chi connectivity index (χ1) is 8.65. The molecule has 1 atom stereocenters. The molecule has 0 aromatic carbocycles. The van der Waals surface area contributed by atoms with Gasteiger partial charge >= 0.3 is 0 Å². The van der Waals surface area contributed by atoms with E-state index in [0.29, 0.717) is 12.1 Å². The van der Waals surface area contributed by atoms with Crippen LogP contribution in [0.25, 0.3) is 0 Å². The van der Waals surface area contributed by atoms with Gasteiger partial charge in [-0.05, 0) is 64.8 Å². The van der Waals surface area contributed by atoms with Crippen LogP contribution in [-0.4, -0.2) is 25.3 Å². The Kier molecular flexibility index (Phi) is 7.60. The van der Waals surface area contributed by atoms with E-state index >= 15 is 0 Å². The maximum atomic E-state index is 5.63. The third-order valence-corrected chi connectivity index (χ3v) is 3.82. The zero-order valence-corrected chi connectivity index (χ0v) is 12.5. The largest absolute Gasteiger partial charge is 0.378 e. The number of nitrogens with one attached hydrogen (secondary N) is 1. The average Bonchev–Trinajstić information content (AvgIpc) is 2.29. The van der Waals surface area contributed by atoms with E-state index in [9.17, 15) is 0 Å². The normalized spacial score (nSPS) is 24.6. The fourth-order valence-electron chi connectivity index (χ4n) is 2.71. The van der Waals surface area contributed by atoms with Crippen LogP contribution in [0.4, 0.5) is 0 Å². The topological polar surface area (TPSA) is 21.3 Å². The zero-order chi connectivity index (χ0) is 13.4. The highest BCUT2D eigenvalue weighted by molar-refractivity contribution is 4.91. The van der Waals surface area contributed by atoms with Crippen molar-refractivity contribution in [1.82, 2.24) is 5.32 Å². The standard InChI is InChI=1S/C16H31NO/c1-5-9-17-15(8-7-13(3)4)10-14-11-16(12-14)18-6-2/h14-17H,3,5-12H2,1-2,4H3. The second kappa shape index (κ2) is 8.71. The van der Waals surface area contributed by atoms with Crippen molar-refractivity contribution in [3.05, 3.63) is 12.2 Å². The Hall–Kier alpha value is -0.340. The van der Waals surface area contributed by atoms with Crippen molar-refractivity contribution in [2.45, 2.75) is 71.4 Å². The maximum Gasteiger partial charge on any atom is 0.0580 e. The van der Waals surface area contributed by atoms with Gasteiger partial charge in [0.1, 0.15) is 0 Å². The summed E-state index contributed by atoms with van der Waals surface area (Å²) in [6.45, 7) is 12.5. The van der Waals surface area contributed by atoms with Crippen LogP contribution in [0, 0.1) is 5.92 Å². The van der Waals surface area contributed by atoms with Gasteiger partial charge in [-0.3, -0.25) is 0 Å². The minimum absolute atomic E-state index is 0.549. The molecule has 1 unspecified atom stereocenters. The summed E-state index contributed by atoms with van der Waals surface area (Å²) < 4.78 is 5.63. The second-order valence-corrected chi connectivity index (χ2v) is 5.80. The highest BCUT2D eigenvalue weighted by Gasteiger charge is 2.31. The fourth-order valence-corrected chi connectivity index (χ4v) is 2.71. The first-order valence-electron chi connectivity index (χ1n) is 7.65. The van der Waals surface area contributed by atoms with Gasteiger partial charge in [0.2, 0.25) is 0 Å². The Labute approximate surface area is 113 Å². The Bertz CT molecular complexity index is 233. The second-order valence-electron chi connectivity index (χ2n) is 5.80. The molecule has 0 amide bonds. The van der Waals surface area contributed by atoms with E-state index in [1.165, 1.54) is 37.7 Å². The predicted molar refractivity (Wildman–Crippen MR) is 78.9 cm³/mol. The van der Waals surface area contributed by atoms with Crippen molar-refractivity contribution in [2.24, 2.45) is 5.92 Å². The summed E-state index contributed by atoms with van der Waals surface area (Å²) in [6, 6.07) is 0.675. The van der Waals surface area contributed by atoms with E-state index in [1.54, 1.807) is 0 Å². The molecule has 1 aliphatic rings. The number of ether oxygens (including phenoxy) is 1. The first kappa shape index (κ1) is 15.7. The quantitative estimate of drug-likeness (QED) is 0.596. The van der Waals surface area contributed by atoms with E-state index in [1.807, 2.05) is 0 Å². The number of rotatable bonds is 10. The molecule has 0 aliphatic heterocycles. The van der Waals surface area contributed by atoms with E-state index in [2.05, 4.69) is 32.7 Å². The van der Waals surface area contributed by atoms with E-state index in [0.717, 1.165) is 25.5 Å². The van der Waals surface area contributed by atoms with Gasteiger partial charge in [-0.1, -0.05) is 12.5 Å². The van der Waals surface area contributed by atoms with Gasteiger partial charge in [0.05, 0.1) is 6.10 Å². The van der Waals surface area contributed by atoms with Gasteiger partial charge < -0.3 is 10.1 Å². The van der Waals surface area contributed by atoms with E-state index < -0.39 is 0 Å². The van der Waals surface area contributed by atoms with Gasteiger partial charge in [-0.15, -0.1) is 6.58 Å². The highest BCUT2D eigenvalue weighted by atomic mass is 16.5. The summed E-state index contributed by atoms with van der Waals surface area (Å²) >= 11 is 0. The molecule has 0 saturated heterocycles. The van der Waals surface area contributed by atoms with Crippen molar-refractivity contribution < 1.29 is 4.74 Å². The summed E-state index contributed by atoms with van der Waals surface area (Å²) in [6.07, 6.45) is 8.02. The molecule has 0 aromatic heterocycles. The van der Waals surface area contributed by atoms with Crippen molar-refractivity contribution in [2.75, 3.05) is 13.2 Å². The summed E-state index contributed by atoms with van der Waals surface area (Å²) in [5.41, 5.74) is 1.30. The molecular weight excluding hydrogens is 222 g/mol. The van der Waals surface area contributed by atoms with Gasteiger partial charge in [0.25, 0.3) is 0 Å². The van der Waals surface area contributed by atoms with Gasteiger partial charge in [0, 0.05) is 12.6 Å². The first-order valence-corrected chi connectivity index (χ1v) is 7.65. The smallest absolute Gasteiger partial charge is 0.0580 e. The maximum absolute atomic E-state index is 5.63. The van der Waals surface area contributed by atoms with E-state index in [4.69, 9.17) is 4.74 Å². The van der Waals surface area contributed by atoms with Crippen LogP contribution in [0.1, 0.15) is 59.3 Å². The molecular formula is C16H31NO.